The van der Waals surface area contributed by atoms with Crippen LogP contribution >= 0.6 is 0 Å². The monoisotopic (exact) mass is 407 g/mol. The predicted molar refractivity (Wildman–Crippen MR) is 102 cm³/mol. The smallest absolute Gasteiger partial charge is 0.284 e. The first-order valence-electron chi connectivity index (χ1n) is 8.35. The fraction of sp³-hybridized carbons (Fsp3) is 0. The third kappa shape index (κ3) is 2.90. The molecular formula is C19H9N3O8. The number of nitro benzene ring substituents is 2. The predicted octanol–water partition coefficient (Wildman–Crippen LogP) is 3.43. The summed E-state index contributed by atoms with van der Waals surface area (Å²) in [5, 5.41) is 34.3. The van der Waals surface area contributed by atoms with Gasteiger partial charge in [0.15, 0.2) is 5.76 Å². The standard InChI is InChI=1S/C19H9N3O8/c23-19-13-7-10-6-11(20(24)25)8-14(21(26)27)17(10)18(13)15(22(28)29)9-16(19)30-12-4-2-1-3-5-12/h1-9H. The van der Waals surface area contributed by atoms with Crippen molar-refractivity contribution in [3.05, 3.63) is 107 Å². The number of non-ortho nitro benzene ring substituents is 1. The highest BCUT2D eigenvalue weighted by Gasteiger charge is 2.42. The van der Waals surface area contributed by atoms with Gasteiger partial charge in [-0.2, -0.15) is 0 Å². The van der Waals surface area contributed by atoms with E-state index in [1.807, 2.05) is 0 Å². The van der Waals surface area contributed by atoms with Crippen LogP contribution in [0.15, 0.2) is 65.6 Å². The molecule has 0 aliphatic heterocycles. The van der Waals surface area contributed by atoms with Gasteiger partial charge in [-0.15, -0.1) is 0 Å². The fourth-order valence-electron chi connectivity index (χ4n) is 3.31. The zero-order valence-electron chi connectivity index (χ0n) is 14.8. The van der Waals surface area contributed by atoms with Gasteiger partial charge in [-0.3, -0.25) is 35.1 Å². The molecule has 2 aliphatic rings. The first kappa shape index (κ1) is 18.7. The van der Waals surface area contributed by atoms with Crippen molar-refractivity contribution in [2.24, 2.45) is 0 Å². The number of para-hydroxylation sites is 1. The van der Waals surface area contributed by atoms with Gasteiger partial charge in [-0.05, 0) is 23.8 Å². The van der Waals surface area contributed by atoms with Crippen LogP contribution in [0.25, 0.3) is 11.6 Å². The minimum atomic E-state index is -0.878. The number of carbonyl (C=O) groups excluding carboxylic acids is 1. The number of benzene rings is 2. The van der Waals surface area contributed by atoms with Crippen molar-refractivity contribution < 1.29 is 24.3 Å². The lowest BCUT2D eigenvalue weighted by molar-refractivity contribution is -0.418. The van der Waals surface area contributed by atoms with Crippen LogP contribution in [0.5, 0.6) is 5.75 Å². The van der Waals surface area contributed by atoms with Gasteiger partial charge in [0.1, 0.15) is 5.75 Å². The molecule has 30 heavy (non-hydrogen) atoms. The number of nitrogens with zero attached hydrogens (tertiary/aromatic N) is 3. The molecule has 0 aromatic heterocycles. The summed E-state index contributed by atoms with van der Waals surface area (Å²) in [7, 11) is 0. The van der Waals surface area contributed by atoms with Crippen LogP contribution in [0.4, 0.5) is 11.4 Å². The maximum atomic E-state index is 12.9. The lowest BCUT2D eigenvalue weighted by Gasteiger charge is -2.15. The Balaban J connectivity index is 1.94. The largest absolute Gasteiger partial charge is 0.453 e. The zero-order valence-corrected chi connectivity index (χ0v) is 14.8. The molecule has 0 radical (unpaired) electrons. The lowest BCUT2D eigenvalue weighted by atomic mass is 9.91. The number of nitro groups is 3. The third-order valence-corrected chi connectivity index (χ3v) is 4.52. The molecule has 0 atom stereocenters. The minimum Gasteiger partial charge on any atom is -0.453 e. The minimum absolute atomic E-state index is 0.0250. The van der Waals surface area contributed by atoms with Crippen molar-refractivity contribution in [1.82, 2.24) is 0 Å². The molecule has 0 N–H and O–H groups in total. The van der Waals surface area contributed by atoms with Gasteiger partial charge in [0.2, 0.25) is 5.78 Å². The number of ketones is 1. The molecule has 0 fully saturated rings. The van der Waals surface area contributed by atoms with Gasteiger partial charge in [-0.1, -0.05) is 18.2 Å². The molecule has 0 bridgehead atoms. The van der Waals surface area contributed by atoms with Crippen LogP contribution in [-0.4, -0.2) is 20.6 Å². The Hall–Kier alpha value is -4.67. The molecule has 0 saturated carbocycles. The van der Waals surface area contributed by atoms with E-state index in [9.17, 15) is 35.1 Å². The Bertz CT molecular complexity index is 1260. The summed E-state index contributed by atoms with van der Waals surface area (Å²) in [6.07, 6.45) is 2.07. The van der Waals surface area contributed by atoms with Crippen LogP contribution in [0.3, 0.4) is 0 Å². The van der Waals surface area contributed by atoms with Gasteiger partial charge in [0.05, 0.1) is 38.0 Å². The number of fused-ring (bicyclic) bond motifs is 3. The number of ether oxygens (including phenoxy) is 1. The molecule has 0 heterocycles. The number of hydrogen-bond donors (Lipinski definition) is 0. The normalized spacial score (nSPS) is 14.5. The average molecular weight is 407 g/mol. The number of carbonyl (C=O) groups is 1. The van der Waals surface area contributed by atoms with E-state index >= 15 is 0 Å². The second kappa shape index (κ2) is 6.74. The molecule has 4 rings (SSSR count). The Morgan fingerprint density at radius 2 is 1.53 bits per heavy atom. The van der Waals surface area contributed by atoms with E-state index in [4.69, 9.17) is 4.74 Å². The second-order valence-corrected chi connectivity index (χ2v) is 6.27. The molecule has 148 valence electrons. The summed E-state index contributed by atoms with van der Waals surface area (Å²) in [4.78, 5) is 44.8. The Morgan fingerprint density at radius 3 is 2.13 bits per heavy atom. The maximum absolute atomic E-state index is 12.9. The van der Waals surface area contributed by atoms with E-state index in [0.717, 1.165) is 18.2 Å². The van der Waals surface area contributed by atoms with Crippen LogP contribution in [0.2, 0.25) is 0 Å². The molecule has 0 amide bonds. The maximum Gasteiger partial charge on any atom is 0.284 e. The molecular weight excluding hydrogens is 398 g/mol. The Morgan fingerprint density at radius 1 is 0.833 bits per heavy atom. The molecule has 11 heteroatoms. The van der Waals surface area contributed by atoms with Gasteiger partial charge in [-0.25, -0.2) is 0 Å². The van der Waals surface area contributed by atoms with Crippen molar-refractivity contribution >= 4 is 28.8 Å². The molecule has 2 aromatic rings. The summed E-state index contributed by atoms with van der Waals surface area (Å²) in [5.74, 6) is -0.804. The van der Waals surface area contributed by atoms with E-state index in [2.05, 4.69) is 0 Å². The van der Waals surface area contributed by atoms with Gasteiger partial charge in [0, 0.05) is 11.6 Å². The van der Waals surface area contributed by atoms with Crippen molar-refractivity contribution in [2.45, 2.75) is 0 Å². The van der Waals surface area contributed by atoms with E-state index < -0.39 is 37.6 Å². The van der Waals surface area contributed by atoms with Crippen LogP contribution in [-0.2, 0) is 4.79 Å². The first-order valence-corrected chi connectivity index (χ1v) is 8.35. The number of rotatable bonds is 5. The van der Waals surface area contributed by atoms with Gasteiger partial charge >= 0.3 is 0 Å². The van der Waals surface area contributed by atoms with Crippen molar-refractivity contribution in [1.29, 1.82) is 0 Å². The molecule has 0 unspecified atom stereocenters. The lowest BCUT2D eigenvalue weighted by Crippen LogP contribution is -2.19. The van der Waals surface area contributed by atoms with Crippen molar-refractivity contribution in [3.63, 3.8) is 0 Å². The average Bonchev–Trinajstić information content (AvgIpc) is 3.09. The highest BCUT2D eigenvalue weighted by Crippen LogP contribution is 2.47. The van der Waals surface area contributed by atoms with E-state index in [1.165, 1.54) is 0 Å². The Kier molecular flexibility index (Phi) is 4.20. The molecule has 0 saturated heterocycles. The quantitative estimate of drug-likeness (QED) is 0.539. The topological polar surface area (TPSA) is 156 Å². The van der Waals surface area contributed by atoms with E-state index in [-0.39, 0.29) is 33.8 Å². The zero-order chi connectivity index (χ0) is 21.6. The van der Waals surface area contributed by atoms with Gasteiger partial charge in [0.25, 0.3) is 17.1 Å². The second-order valence-electron chi connectivity index (χ2n) is 6.27. The number of hydrogen-bond acceptors (Lipinski definition) is 8. The van der Waals surface area contributed by atoms with Crippen LogP contribution in [0, 0.1) is 30.3 Å². The Labute approximate surface area is 166 Å². The van der Waals surface area contributed by atoms with E-state index in [0.29, 0.717) is 6.07 Å². The van der Waals surface area contributed by atoms with Crippen LogP contribution in [0.1, 0.15) is 11.1 Å². The summed E-state index contributed by atoms with van der Waals surface area (Å²) in [6.45, 7) is 0. The summed E-state index contributed by atoms with van der Waals surface area (Å²) >= 11 is 0. The number of Topliss-reactive ketones (excluding diaryl/α,β-unsaturated/α-hetero) is 1. The summed E-state index contributed by atoms with van der Waals surface area (Å²) in [6, 6.07) is 9.84. The fourth-order valence-corrected chi connectivity index (χ4v) is 3.31. The highest BCUT2D eigenvalue weighted by molar-refractivity contribution is 6.26. The molecule has 0 spiro atoms. The van der Waals surface area contributed by atoms with Crippen molar-refractivity contribution in [2.75, 3.05) is 0 Å². The first-order chi connectivity index (χ1) is 14.3. The molecule has 11 nitrogen and oxygen atoms in total. The van der Waals surface area contributed by atoms with Gasteiger partial charge < -0.3 is 4.74 Å². The summed E-state index contributed by atoms with van der Waals surface area (Å²) in [5.41, 5.74) is -2.55. The molecule has 2 aromatic carbocycles. The highest BCUT2D eigenvalue weighted by atomic mass is 16.6. The number of allylic oxidation sites excluding steroid dienone is 3. The van der Waals surface area contributed by atoms with Crippen LogP contribution < -0.4 is 4.74 Å². The SMILES string of the molecule is O=C1C(Oc2ccccc2)=CC([N+](=O)[O-])=C2C1=Cc1cc([N+](=O)[O-])cc([N+](=O)[O-])c12. The van der Waals surface area contributed by atoms with E-state index in [1.54, 1.807) is 30.3 Å². The van der Waals surface area contributed by atoms with Crippen molar-refractivity contribution in [3.8, 4) is 5.75 Å². The summed E-state index contributed by atoms with van der Waals surface area (Å²) < 4.78 is 5.48. The third-order valence-electron chi connectivity index (χ3n) is 4.52. The molecule has 2 aliphatic carbocycles.